The SMILES string of the molecule is CCN(Cc1ccncc1)C(=O)c1ccc(OC2CCN(C(=O)C3CC3)CC2)cc1. The summed E-state index contributed by atoms with van der Waals surface area (Å²) in [5, 5.41) is 0. The van der Waals surface area contributed by atoms with Crippen molar-refractivity contribution in [2.75, 3.05) is 19.6 Å². The number of rotatable bonds is 7. The summed E-state index contributed by atoms with van der Waals surface area (Å²) < 4.78 is 6.11. The third-order valence-electron chi connectivity index (χ3n) is 5.88. The predicted molar refractivity (Wildman–Crippen MR) is 114 cm³/mol. The topological polar surface area (TPSA) is 62.7 Å². The molecule has 0 radical (unpaired) electrons. The first-order chi connectivity index (χ1) is 14.6. The van der Waals surface area contributed by atoms with Crippen LogP contribution < -0.4 is 4.74 Å². The normalized spacial score (nSPS) is 16.9. The number of hydrogen-bond acceptors (Lipinski definition) is 4. The number of amides is 2. The van der Waals surface area contributed by atoms with Crippen LogP contribution in [0.3, 0.4) is 0 Å². The molecule has 1 aromatic carbocycles. The molecule has 6 heteroatoms. The van der Waals surface area contributed by atoms with Gasteiger partial charge in [-0.2, -0.15) is 0 Å². The smallest absolute Gasteiger partial charge is 0.254 e. The second kappa shape index (κ2) is 9.28. The largest absolute Gasteiger partial charge is 0.490 e. The van der Waals surface area contributed by atoms with Gasteiger partial charge in [0.2, 0.25) is 5.91 Å². The Kier molecular flexibility index (Phi) is 6.31. The Bertz CT molecular complexity index is 857. The molecule has 2 fully saturated rings. The lowest BCUT2D eigenvalue weighted by atomic mass is 10.1. The van der Waals surface area contributed by atoms with Gasteiger partial charge in [-0.1, -0.05) is 0 Å². The first kappa shape index (κ1) is 20.4. The van der Waals surface area contributed by atoms with Crippen molar-refractivity contribution in [2.45, 2.75) is 45.3 Å². The summed E-state index contributed by atoms with van der Waals surface area (Å²) in [5.41, 5.74) is 1.72. The summed E-state index contributed by atoms with van der Waals surface area (Å²) in [6.45, 7) is 4.73. The number of nitrogens with zero attached hydrogens (tertiary/aromatic N) is 3. The van der Waals surface area contributed by atoms with Gasteiger partial charge in [0.05, 0.1) is 0 Å². The van der Waals surface area contributed by atoms with Crippen LogP contribution >= 0.6 is 0 Å². The van der Waals surface area contributed by atoms with E-state index in [2.05, 4.69) is 4.98 Å². The van der Waals surface area contributed by atoms with Crippen LogP contribution in [-0.2, 0) is 11.3 Å². The summed E-state index contributed by atoms with van der Waals surface area (Å²) >= 11 is 0. The molecule has 158 valence electrons. The molecule has 0 unspecified atom stereocenters. The number of benzene rings is 1. The van der Waals surface area contributed by atoms with Gasteiger partial charge in [0, 0.05) is 62.9 Å². The minimum absolute atomic E-state index is 0.00718. The van der Waals surface area contributed by atoms with Gasteiger partial charge in [0.25, 0.3) is 5.91 Å². The summed E-state index contributed by atoms with van der Waals surface area (Å²) in [5.74, 6) is 1.39. The molecular weight excluding hydrogens is 378 g/mol. The van der Waals surface area contributed by atoms with Crippen LogP contribution in [0.4, 0.5) is 0 Å². The molecule has 4 rings (SSSR count). The van der Waals surface area contributed by atoms with Crippen LogP contribution in [0, 0.1) is 5.92 Å². The molecule has 0 spiro atoms. The Morgan fingerprint density at radius 1 is 1.03 bits per heavy atom. The molecule has 1 aliphatic carbocycles. The molecule has 2 heterocycles. The van der Waals surface area contributed by atoms with Crippen molar-refractivity contribution >= 4 is 11.8 Å². The third-order valence-corrected chi connectivity index (χ3v) is 5.88. The lowest BCUT2D eigenvalue weighted by Crippen LogP contribution is -2.42. The van der Waals surface area contributed by atoms with Gasteiger partial charge in [-0.25, -0.2) is 0 Å². The minimum Gasteiger partial charge on any atom is -0.490 e. The van der Waals surface area contributed by atoms with E-state index in [9.17, 15) is 9.59 Å². The Morgan fingerprint density at radius 3 is 2.30 bits per heavy atom. The number of aromatic nitrogens is 1. The van der Waals surface area contributed by atoms with Crippen molar-refractivity contribution in [3.8, 4) is 5.75 Å². The average molecular weight is 408 g/mol. The lowest BCUT2D eigenvalue weighted by molar-refractivity contribution is -0.134. The number of pyridine rings is 1. The van der Waals surface area contributed by atoms with Crippen LogP contribution in [0.15, 0.2) is 48.8 Å². The van der Waals surface area contributed by atoms with Crippen molar-refractivity contribution in [3.63, 3.8) is 0 Å². The van der Waals surface area contributed by atoms with Gasteiger partial charge in [-0.05, 0) is 61.7 Å². The van der Waals surface area contributed by atoms with E-state index in [4.69, 9.17) is 4.74 Å². The second-order valence-electron chi connectivity index (χ2n) is 8.12. The second-order valence-corrected chi connectivity index (χ2v) is 8.12. The Morgan fingerprint density at radius 2 is 1.70 bits per heavy atom. The van der Waals surface area contributed by atoms with Crippen LogP contribution in [0.5, 0.6) is 5.75 Å². The maximum absolute atomic E-state index is 12.9. The van der Waals surface area contributed by atoms with Gasteiger partial charge in [0.15, 0.2) is 0 Å². The Labute approximate surface area is 177 Å². The maximum Gasteiger partial charge on any atom is 0.254 e. The molecule has 1 saturated carbocycles. The molecule has 2 aliphatic rings. The number of carbonyl (C=O) groups excluding carboxylic acids is 2. The van der Waals surface area contributed by atoms with Crippen LogP contribution in [0.2, 0.25) is 0 Å². The van der Waals surface area contributed by atoms with Gasteiger partial charge < -0.3 is 14.5 Å². The van der Waals surface area contributed by atoms with Crippen LogP contribution in [0.1, 0.15) is 48.5 Å². The van der Waals surface area contributed by atoms with Gasteiger partial charge in [0.1, 0.15) is 11.9 Å². The summed E-state index contributed by atoms with van der Waals surface area (Å²) in [7, 11) is 0. The monoisotopic (exact) mass is 407 g/mol. The zero-order valence-electron chi connectivity index (χ0n) is 17.5. The van der Waals surface area contributed by atoms with Crippen LogP contribution in [-0.4, -0.2) is 52.3 Å². The highest BCUT2D eigenvalue weighted by molar-refractivity contribution is 5.94. The number of carbonyl (C=O) groups is 2. The van der Waals surface area contributed by atoms with Crippen molar-refractivity contribution in [1.29, 1.82) is 0 Å². The van der Waals surface area contributed by atoms with Crippen molar-refractivity contribution in [3.05, 3.63) is 59.9 Å². The molecule has 0 N–H and O–H groups in total. The fourth-order valence-corrected chi connectivity index (χ4v) is 3.87. The first-order valence-corrected chi connectivity index (χ1v) is 10.9. The molecule has 2 amide bonds. The Hall–Kier alpha value is -2.89. The van der Waals surface area contributed by atoms with Gasteiger partial charge in [-0.3, -0.25) is 14.6 Å². The van der Waals surface area contributed by atoms with E-state index in [0.29, 0.717) is 24.6 Å². The molecule has 30 heavy (non-hydrogen) atoms. The molecule has 1 saturated heterocycles. The highest BCUT2D eigenvalue weighted by atomic mass is 16.5. The van der Waals surface area contributed by atoms with Gasteiger partial charge >= 0.3 is 0 Å². The summed E-state index contributed by atoms with van der Waals surface area (Å²) in [4.78, 5) is 32.9. The first-order valence-electron chi connectivity index (χ1n) is 10.9. The molecule has 1 aliphatic heterocycles. The molecule has 2 aromatic rings. The van der Waals surface area contributed by atoms with Crippen LogP contribution in [0.25, 0.3) is 0 Å². The maximum atomic E-state index is 12.9. The lowest BCUT2D eigenvalue weighted by Gasteiger charge is -2.32. The van der Waals surface area contributed by atoms with E-state index in [1.807, 2.05) is 53.1 Å². The fraction of sp³-hybridized carbons (Fsp3) is 0.458. The number of ether oxygens (including phenoxy) is 1. The Balaban J connectivity index is 1.30. The standard InChI is InChI=1S/C24H29N3O3/c1-2-26(17-18-9-13-25-14-10-18)23(28)20-5-7-21(8-6-20)30-22-11-15-27(16-12-22)24(29)19-3-4-19/h5-10,13-14,19,22H,2-4,11-12,15-17H2,1H3. The zero-order chi connectivity index (χ0) is 20.9. The van der Waals surface area contributed by atoms with Crippen molar-refractivity contribution in [2.24, 2.45) is 5.92 Å². The third kappa shape index (κ3) is 4.99. The molecule has 0 bridgehead atoms. The molecule has 1 aromatic heterocycles. The number of hydrogen-bond donors (Lipinski definition) is 0. The predicted octanol–water partition coefficient (Wildman–Crippen LogP) is 3.52. The van der Waals surface area contributed by atoms with Gasteiger partial charge in [-0.15, -0.1) is 0 Å². The quantitative estimate of drug-likeness (QED) is 0.705. The zero-order valence-corrected chi connectivity index (χ0v) is 17.5. The van der Waals surface area contributed by atoms with E-state index >= 15 is 0 Å². The fourth-order valence-electron chi connectivity index (χ4n) is 3.87. The number of likely N-dealkylation sites (tertiary alicyclic amines) is 1. The highest BCUT2D eigenvalue weighted by Gasteiger charge is 2.35. The molecular formula is C24H29N3O3. The van der Waals surface area contributed by atoms with E-state index in [-0.39, 0.29) is 17.9 Å². The van der Waals surface area contributed by atoms with E-state index < -0.39 is 0 Å². The minimum atomic E-state index is 0.00718. The van der Waals surface area contributed by atoms with Crippen molar-refractivity contribution in [1.82, 2.24) is 14.8 Å². The summed E-state index contributed by atoms with van der Waals surface area (Å²) in [6, 6.07) is 11.3. The number of piperidine rings is 1. The van der Waals surface area contributed by atoms with E-state index in [1.54, 1.807) is 12.4 Å². The van der Waals surface area contributed by atoms with E-state index in [0.717, 1.165) is 50.1 Å². The van der Waals surface area contributed by atoms with E-state index in [1.165, 1.54) is 0 Å². The highest BCUT2D eigenvalue weighted by Crippen LogP contribution is 2.32. The van der Waals surface area contributed by atoms with Crippen molar-refractivity contribution < 1.29 is 14.3 Å². The molecule has 6 nitrogen and oxygen atoms in total. The molecule has 0 atom stereocenters. The summed E-state index contributed by atoms with van der Waals surface area (Å²) in [6.07, 6.45) is 7.42. The average Bonchev–Trinajstić information content (AvgIpc) is 3.64.